The summed E-state index contributed by atoms with van der Waals surface area (Å²) in [5.74, 6) is 1.98. The first kappa shape index (κ1) is 17.4. The molecular formula is C23H26N2O3. The molecule has 3 aliphatic rings. The van der Waals surface area contributed by atoms with Crippen molar-refractivity contribution in [2.45, 2.75) is 37.8 Å². The van der Waals surface area contributed by atoms with E-state index in [1.165, 1.54) is 16.8 Å². The maximum absolute atomic E-state index is 12.6. The van der Waals surface area contributed by atoms with Gasteiger partial charge < -0.3 is 19.3 Å². The Bertz CT molecular complexity index is 904. The van der Waals surface area contributed by atoms with Crippen LogP contribution in [-0.2, 0) is 11.2 Å². The zero-order chi connectivity index (χ0) is 19.3. The van der Waals surface area contributed by atoms with Crippen molar-refractivity contribution in [3.8, 4) is 11.5 Å². The summed E-state index contributed by atoms with van der Waals surface area (Å²) in [7, 11) is 3.43. The second-order valence-electron chi connectivity index (χ2n) is 7.83. The van der Waals surface area contributed by atoms with Gasteiger partial charge in [0.25, 0.3) is 0 Å². The molecule has 5 nitrogen and oxygen atoms in total. The molecule has 0 N–H and O–H groups in total. The monoisotopic (exact) mass is 378 g/mol. The average molecular weight is 378 g/mol. The van der Waals surface area contributed by atoms with Gasteiger partial charge in [-0.25, -0.2) is 0 Å². The lowest BCUT2D eigenvalue weighted by molar-refractivity contribution is -0.130. The SMILES string of the molecule is COc1cccc(OC)c1C1CC(N2CCCC2=O)c2cccc3c2N1CC3. The molecule has 0 saturated carbocycles. The summed E-state index contributed by atoms with van der Waals surface area (Å²) >= 11 is 0. The summed E-state index contributed by atoms with van der Waals surface area (Å²) in [4.78, 5) is 17.2. The molecule has 3 heterocycles. The van der Waals surface area contributed by atoms with E-state index in [0.717, 1.165) is 49.4 Å². The molecule has 2 atom stereocenters. The Hall–Kier alpha value is -2.69. The summed E-state index contributed by atoms with van der Waals surface area (Å²) in [6.07, 6.45) is 3.52. The molecule has 0 aliphatic carbocycles. The highest BCUT2D eigenvalue weighted by Gasteiger charge is 2.43. The van der Waals surface area contributed by atoms with Crippen LogP contribution in [0.3, 0.4) is 0 Å². The molecule has 0 bridgehead atoms. The topological polar surface area (TPSA) is 42.0 Å². The van der Waals surface area contributed by atoms with E-state index in [-0.39, 0.29) is 18.0 Å². The Balaban J connectivity index is 1.67. The van der Waals surface area contributed by atoms with Crippen LogP contribution in [-0.4, -0.2) is 38.1 Å². The van der Waals surface area contributed by atoms with E-state index in [2.05, 4.69) is 28.0 Å². The summed E-state index contributed by atoms with van der Waals surface area (Å²) in [6.45, 7) is 1.84. The van der Waals surface area contributed by atoms with E-state index in [9.17, 15) is 4.79 Å². The van der Waals surface area contributed by atoms with Crippen LogP contribution >= 0.6 is 0 Å². The van der Waals surface area contributed by atoms with E-state index in [1.54, 1.807) is 14.2 Å². The van der Waals surface area contributed by atoms with E-state index in [0.29, 0.717) is 6.42 Å². The van der Waals surface area contributed by atoms with Crippen LogP contribution in [0.1, 0.15) is 48.0 Å². The predicted molar refractivity (Wildman–Crippen MR) is 108 cm³/mol. The number of likely N-dealkylation sites (tertiary alicyclic amines) is 1. The smallest absolute Gasteiger partial charge is 0.223 e. The number of anilines is 1. The van der Waals surface area contributed by atoms with E-state index in [4.69, 9.17) is 9.47 Å². The van der Waals surface area contributed by atoms with Crippen LogP contribution in [0.2, 0.25) is 0 Å². The molecule has 0 radical (unpaired) electrons. The Kier molecular flexibility index (Phi) is 4.18. The molecule has 5 heteroatoms. The van der Waals surface area contributed by atoms with Crippen molar-refractivity contribution in [2.75, 3.05) is 32.2 Å². The van der Waals surface area contributed by atoms with E-state index < -0.39 is 0 Å². The van der Waals surface area contributed by atoms with Crippen molar-refractivity contribution >= 4 is 11.6 Å². The molecule has 1 fully saturated rings. The molecule has 2 aromatic rings. The predicted octanol–water partition coefficient (Wildman–Crippen LogP) is 3.87. The normalized spacial score (nSPS) is 23.1. The number of carbonyl (C=O) groups is 1. The highest BCUT2D eigenvalue weighted by atomic mass is 16.5. The van der Waals surface area contributed by atoms with E-state index in [1.807, 2.05) is 18.2 Å². The fourth-order valence-corrected chi connectivity index (χ4v) is 5.34. The number of ether oxygens (including phenoxy) is 2. The summed E-state index contributed by atoms with van der Waals surface area (Å²) in [5.41, 5.74) is 5.09. The number of methoxy groups -OCH3 is 2. The maximum Gasteiger partial charge on any atom is 0.223 e. The van der Waals surface area contributed by atoms with Gasteiger partial charge in [0.05, 0.1) is 31.9 Å². The van der Waals surface area contributed by atoms with Gasteiger partial charge in [0, 0.05) is 25.2 Å². The molecule has 0 aromatic heterocycles. The fraction of sp³-hybridized carbons (Fsp3) is 0.435. The number of rotatable bonds is 4. The Morgan fingerprint density at radius 1 is 0.893 bits per heavy atom. The number of para-hydroxylation sites is 1. The maximum atomic E-state index is 12.6. The van der Waals surface area contributed by atoms with Crippen molar-refractivity contribution < 1.29 is 14.3 Å². The number of hydrogen-bond donors (Lipinski definition) is 0. The third-order valence-electron chi connectivity index (χ3n) is 6.53. The Morgan fingerprint density at radius 3 is 2.32 bits per heavy atom. The quantitative estimate of drug-likeness (QED) is 0.810. The zero-order valence-corrected chi connectivity index (χ0v) is 16.5. The van der Waals surface area contributed by atoms with Crippen molar-refractivity contribution in [2.24, 2.45) is 0 Å². The lowest BCUT2D eigenvalue weighted by atomic mass is 9.86. The van der Waals surface area contributed by atoms with Crippen LogP contribution in [0.25, 0.3) is 0 Å². The molecule has 1 amide bonds. The summed E-state index contributed by atoms with van der Waals surface area (Å²) in [6, 6.07) is 12.8. The average Bonchev–Trinajstić information content (AvgIpc) is 3.35. The van der Waals surface area contributed by atoms with Crippen molar-refractivity contribution in [3.05, 3.63) is 53.1 Å². The Labute approximate surface area is 165 Å². The molecule has 2 unspecified atom stereocenters. The summed E-state index contributed by atoms with van der Waals surface area (Å²) < 4.78 is 11.5. The van der Waals surface area contributed by atoms with Gasteiger partial charge in [-0.2, -0.15) is 0 Å². The number of hydrogen-bond acceptors (Lipinski definition) is 4. The molecule has 0 spiro atoms. The standard InChI is InChI=1S/C23H26N2O3/c1-27-19-8-4-9-20(28-2)22(19)18-14-17(24-12-5-10-21(24)26)16-7-3-6-15-11-13-25(18)23(15)16/h3-4,6-9,17-18H,5,10-14H2,1-2H3. The van der Waals surface area contributed by atoms with Crippen molar-refractivity contribution in [1.82, 2.24) is 4.90 Å². The lowest BCUT2D eigenvalue weighted by Gasteiger charge is -2.43. The highest BCUT2D eigenvalue weighted by molar-refractivity contribution is 5.80. The van der Waals surface area contributed by atoms with Gasteiger partial charge in [0.1, 0.15) is 11.5 Å². The minimum atomic E-state index is 0.110. The Morgan fingerprint density at radius 2 is 1.64 bits per heavy atom. The van der Waals surface area contributed by atoms with Crippen molar-refractivity contribution in [3.63, 3.8) is 0 Å². The van der Waals surface area contributed by atoms with Crippen LogP contribution in [0.5, 0.6) is 11.5 Å². The minimum absolute atomic E-state index is 0.110. The molecule has 146 valence electrons. The van der Waals surface area contributed by atoms with Gasteiger partial charge in [-0.1, -0.05) is 24.3 Å². The number of amides is 1. The molecule has 2 aromatic carbocycles. The lowest BCUT2D eigenvalue weighted by Crippen LogP contribution is -2.40. The molecule has 5 rings (SSSR count). The third kappa shape index (κ3) is 2.49. The second-order valence-corrected chi connectivity index (χ2v) is 7.83. The third-order valence-corrected chi connectivity index (χ3v) is 6.53. The van der Waals surface area contributed by atoms with Gasteiger partial charge in [0.15, 0.2) is 0 Å². The highest BCUT2D eigenvalue weighted by Crippen LogP contribution is 2.53. The fourth-order valence-electron chi connectivity index (χ4n) is 5.34. The first-order chi connectivity index (χ1) is 13.7. The molecule has 1 saturated heterocycles. The van der Waals surface area contributed by atoms with Crippen LogP contribution < -0.4 is 14.4 Å². The van der Waals surface area contributed by atoms with Crippen molar-refractivity contribution in [1.29, 1.82) is 0 Å². The molecule has 3 aliphatic heterocycles. The number of carbonyl (C=O) groups excluding carboxylic acids is 1. The molecule has 28 heavy (non-hydrogen) atoms. The molecular weight excluding hydrogens is 352 g/mol. The largest absolute Gasteiger partial charge is 0.496 e. The van der Waals surface area contributed by atoms with Crippen LogP contribution in [0.15, 0.2) is 36.4 Å². The van der Waals surface area contributed by atoms with Crippen LogP contribution in [0.4, 0.5) is 5.69 Å². The second kappa shape index (κ2) is 6.73. The van der Waals surface area contributed by atoms with Gasteiger partial charge in [0.2, 0.25) is 5.91 Å². The van der Waals surface area contributed by atoms with Gasteiger partial charge in [-0.05, 0) is 42.5 Å². The van der Waals surface area contributed by atoms with Gasteiger partial charge >= 0.3 is 0 Å². The first-order valence-corrected chi connectivity index (χ1v) is 10.1. The van der Waals surface area contributed by atoms with Gasteiger partial charge in [-0.15, -0.1) is 0 Å². The van der Waals surface area contributed by atoms with E-state index >= 15 is 0 Å². The first-order valence-electron chi connectivity index (χ1n) is 10.1. The van der Waals surface area contributed by atoms with Crippen LogP contribution in [0, 0.1) is 0 Å². The zero-order valence-electron chi connectivity index (χ0n) is 16.5. The minimum Gasteiger partial charge on any atom is -0.496 e. The summed E-state index contributed by atoms with van der Waals surface area (Å²) in [5, 5.41) is 0. The number of benzene rings is 2. The van der Waals surface area contributed by atoms with Gasteiger partial charge in [-0.3, -0.25) is 4.79 Å². The number of nitrogens with zero attached hydrogens (tertiary/aromatic N) is 2.